The number of hydrogen-bond donors (Lipinski definition) is 1. The van der Waals surface area contributed by atoms with E-state index in [1.165, 1.54) is 37.4 Å². The van der Waals surface area contributed by atoms with Crippen molar-refractivity contribution in [3.63, 3.8) is 0 Å². The molecule has 0 radical (unpaired) electrons. The number of rotatable bonds is 4. The van der Waals surface area contributed by atoms with Crippen molar-refractivity contribution in [3.05, 3.63) is 21.3 Å². The minimum atomic E-state index is 0.814. The van der Waals surface area contributed by atoms with Gasteiger partial charge in [-0.25, -0.2) is 0 Å². The lowest BCUT2D eigenvalue weighted by Gasteiger charge is -2.27. The molecule has 1 N–H and O–H groups in total. The van der Waals surface area contributed by atoms with E-state index in [1.54, 1.807) is 11.3 Å². The van der Waals surface area contributed by atoms with Gasteiger partial charge in [0.1, 0.15) is 0 Å². The van der Waals surface area contributed by atoms with E-state index in [0.717, 1.165) is 16.8 Å². The number of halogens is 1. The summed E-state index contributed by atoms with van der Waals surface area (Å²) in [6.45, 7) is 4.58. The van der Waals surface area contributed by atoms with E-state index in [9.17, 15) is 0 Å². The highest BCUT2D eigenvalue weighted by molar-refractivity contribution is 7.16. The molecular formula is C12H19ClN2S. The van der Waals surface area contributed by atoms with Gasteiger partial charge in [0, 0.05) is 18.0 Å². The van der Waals surface area contributed by atoms with Gasteiger partial charge < -0.3 is 10.2 Å². The van der Waals surface area contributed by atoms with Gasteiger partial charge in [0.15, 0.2) is 0 Å². The fraction of sp³-hybridized carbons (Fsp3) is 0.667. The first kappa shape index (κ1) is 12.4. The fourth-order valence-corrected chi connectivity index (χ4v) is 3.46. The van der Waals surface area contributed by atoms with Crippen LogP contribution in [0.1, 0.15) is 17.7 Å². The van der Waals surface area contributed by atoms with E-state index in [1.807, 2.05) is 6.07 Å². The molecule has 2 nitrogen and oxygen atoms in total. The SMILES string of the molecule is CN(Cc1ccc(Cl)s1)CC1CCCNC1. The first-order valence-corrected chi connectivity index (χ1v) is 7.07. The third-order valence-electron chi connectivity index (χ3n) is 3.02. The Balaban J connectivity index is 1.77. The van der Waals surface area contributed by atoms with E-state index in [-0.39, 0.29) is 0 Å². The third kappa shape index (κ3) is 3.74. The van der Waals surface area contributed by atoms with Crippen LogP contribution in [0.3, 0.4) is 0 Å². The van der Waals surface area contributed by atoms with Crippen molar-refractivity contribution in [2.75, 3.05) is 26.7 Å². The van der Waals surface area contributed by atoms with Crippen LogP contribution in [-0.2, 0) is 6.54 Å². The predicted octanol–water partition coefficient (Wildman–Crippen LogP) is 2.83. The quantitative estimate of drug-likeness (QED) is 0.894. The summed E-state index contributed by atoms with van der Waals surface area (Å²) < 4.78 is 0.891. The molecule has 0 aliphatic carbocycles. The van der Waals surface area contributed by atoms with Crippen LogP contribution in [0.15, 0.2) is 12.1 Å². The van der Waals surface area contributed by atoms with Gasteiger partial charge in [-0.2, -0.15) is 0 Å². The Hall–Kier alpha value is -0.0900. The lowest BCUT2D eigenvalue weighted by Crippen LogP contribution is -2.36. The van der Waals surface area contributed by atoms with Gasteiger partial charge in [0.25, 0.3) is 0 Å². The van der Waals surface area contributed by atoms with Crippen LogP contribution in [-0.4, -0.2) is 31.6 Å². The van der Waals surface area contributed by atoms with Crippen LogP contribution in [0.2, 0.25) is 4.34 Å². The standard InChI is InChI=1S/C12H19ClN2S/c1-15(8-10-3-2-6-14-7-10)9-11-4-5-12(13)16-11/h4-5,10,14H,2-3,6-9H2,1H3. The van der Waals surface area contributed by atoms with E-state index in [0.29, 0.717) is 0 Å². The molecule has 2 rings (SSSR count). The average Bonchev–Trinajstić information content (AvgIpc) is 2.65. The number of piperidine rings is 1. The zero-order valence-electron chi connectivity index (χ0n) is 9.71. The molecule has 1 fully saturated rings. The zero-order chi connectivity index (χ0) is 11.4. The Morgan fingerprint density at radius 3 is 3.06 bits per heavy atom. The van der Waals surface area contributed by atoms with Crippen LogP contribution in [0.4, 0.5) is 0 Å². The number of thiophene rings is 1. The molecule has 1 aliphatic heterocycles. The van der Waals surface area contributed by atoms with E-state index < -0.39 is 0 Å². The molecule has 4 heteroatoms. The van der Waals surface area contributed by atoms with Crippen LogP contribution in [0, 0.1) is 5.92 Å². The molecule has 1 aromatic rings. The molecule has 0 amide bonds. The summed E-state index contributed by atoms with van der Waals surface area (Å²) in [6, 6.07) is 4.11. The minimum absolute atomic E-state index is 0.814. The highest BCUT2D eigenvalue weighted by atomic mass is 35.5. The monoisotopic (exact) mass is 258 g/mol. The molecule has 0 aromatic carbocycles. The summed E-state index contributed by atoms with van der Waals surface area (Å²) in [5, 5.41) is 3.46. The maximum atomic E-state index is 5.93. The van der Waals surface area contributed by atoms with Crippen molar-refractivity contribution in [2.24, 2.45) is 5.92 Å². The molecule has 1 aliphatic rings. The molecule has 1 saturated heterocycles. The average molecular weight is 259 g/mol. The second kappa shape index (κ2) is 6.01. The van der Waals surface area contributed by atoms with Crippen molar-refractivity contribution < 1.29 is 0 Å². The molecular weight excluding hydrogens is 240 g/mol. The zero-order valence-corrected chi connectivity index (χ0v) is 11.3. The van der Waals surface area contributed by atoms with E-state index in [2.05, 4.69) is 23.3 Å². The largest absolute Gasteiger partial charge is 0.316 e. The van der Waals surface area contributed by atoms with Crippen LogP contribution >= 0.6 is 22.9 Å². The smallest absolute Gasteiger partial charge is 0.0931 e. The van der Waals surface area contributed by atoms with Crippen LogP contribution < -0.4 is 5.32 Å². The second-order valence-corrected chi connectivity index (χ2v) is 6.41. The highest BCUT2D eigenvalue weighted by Gasteiger charge is 2.15. The predicted molar refractivity (Wildman–Crippen MR) is 71.3 cm³/mol. The highest BCUT2D eigenvalue weighted by Crippen LogP contribution is 2.23. The van der Waals surface area contributed by atoms with Crippen LogP contribution in [0.5, 0.6) is 0 Å². The van der Waals surface area contributed by atoms with Gasteiger partial charge >= 0.3 is 0 Å². The Morgan fingerprint density at radius 2 is 2.44 bits per heavy atom. The summed E-state index contributed by atoms with van der Waals surface area (Å²) in [5.74, 6) is 0.814. The molecule has 1 aromatic heterocycles. The Bertz CT molecular complexity index is 321. The van der Waals surface area contributed by atoms with E-state index >= 15 is 0 Å². The van der Waals surface area contributed by atoms with Crippen molar-refractivity contribution in [1.82, 2.24) is 10.2 Å². The number of nitrogens with zero attached hydrogens (tertiary/aromatic N) is 1. The summed E-state index contributed by atoms with van der Waals surface area (Å²) in [7, 11) is 2.20. The van der Waals surface area contributed by atoms with Gasteiger partial charge in [-0.1, -0.05) is 11.6 Å². The van der Waals surface area contributed by atoms with E-state index in [4.69, 9.17) is 11.6 Å². The first-order valence-electron chi connectivity index (χ1n) is 5.87. The minimum Gasteiger partial charge on any atom is -0.316 e. The number of hydrogen-bond acceptors (Lipinski definition) is 3. The molecule has 0 spiro atoms. The summed E-state index contributed by atoms with van der Waals surface area (Å²) in [4.78, 5) is 3.76. The molecule has 0 saturated carbocycles. The lowest BCUT2D eigenvalue weighted by atomic mass is 9.99. The molecule has 1 unspecified atom stereocenters. The van der Waals surface area contributed by atoms with Crippen molar-refractivity contribution in [1.29, 1.82) is 0 Å². The van der Waals surface area contributed by atoms with Gasteiger partial charge in [0.05, 0.1) is 4.34 Å². The van der Waals surface area contributed by atoms with Crippen molar-refractivity contribution >= 4 is 22.9 Å². The second-order valence-electron chi connectivity index (χ2n) is 4.61. The lowest BCUT2D eigenvalue weighted by molar-refractivity contribution is 0.239. The van der Waals surface area contributed by atoms with Gasteiger partial charge in [-0.3, -0.25) is 0 Å². The van der Waals surface area contributed by atoms with Gasteiger partial charge in [-0.15, -0.1) is 11.3 Å². The Labute approximate surface area is 107 Å². The van der Waals surface area contributed by atoms with Gasteiger partial charge in [-0.05, 0) is 51.0 Å². The summed E-state index contributed by atoms with van der Waals surface area (Å²) >= 11 is 7.61. The molecule has 0 bridgehead atoms. The Morgan fingerprint density at radius 1 is 1.56 bits per heavy atom. The van der Waals surface area contributed by atoms with Crippen molar-refractivity contribution in [3.8, 4) is 0 Å². The summed E-state index contributed by atoms with van der Waals surface area (Å²) in [6.07, 6.45) is 2.69. The molecule has 90 valence electrons. The maximum Gasteiger partial charge on any atom is 0.0931 e. The first-order chi connectivity index (χ1) is 7.74. The van der Waals surface area contributed by atoms with Crippen molar-refractivity contribution in [2.45, 2.75) is 19.4 Å². The molecule has 16 heavy (non-hydrogen) atoms. The number of nitrogens with one attached hydrogen (secondary N) is 1. The van der Waals surface area contributed by atoms with Gasteiger partial charge in [0.2, 0.25) is 0 Å². The topological polar surface area (TPSA) is 15.3 Å². The third-order valence-corrected chi connectivity index (χ3v) is 4.24. The molecule has 1 atom stereocenters. The molecule has 2 heterocycles. The maximum absolute atomic E-state index is 5.93. The fourth-order valence-electron chi connectivity index (χ4n) is 2.29. The Kier molecular flexibility index (Phi) is 4.65. The van der Waals surface area contributed by atoms with Crippen LogP contribution in [0.25, 0.3) is 0 Å². The summed E-state index contributed by atoms with van der Waals surface area (Å²) in [5.41, 5.74) is 0. The normalized spacial score (nSPS) is 21.6.